The Bertz CT molecular complexity index is 735. The van der Waals surface area contributed by atoms with E-state index in [9.17, 15) is 0 Å². The first kappa shape index (κ1) is 24.0. The predicted octanol–water partition coefficient (Wildman–Crippen LogP) is 4.60. The summed E-state index contributed by atoms with van der Waals surface area (Å²) in [7, 11) is 1.77. The highest BCUT2D eigenvalue weighted by Crippen LogP contribution is 2.23. The topological polar surface area (TPSA) is 67.8 Å². The first-order chi connectivity index (χ1) is 13.0. The van der Waals surface area contributed by atoms with Gasteiger partial charge in [0, 0.05) is 31.9 Å². The summed E-state index contributed by atoms with van der Waals surface area (Å²) in [6.07, 6.45) is 1.74. The Morgan fingerprint density at radius 3 is 2.39 bits per heavy atom. The molecule has 0 saturated heterocycles. The van der Waals surface area contributed by atoms with Crippen molar-refractivity contribution in [3.8, 4) is 17.4 Å². The minimum Gasteiger partial charge on any atom is -0.494 e. The van der Waals surface area contributed by atoms with Crippen LogP contribution in [0.5, 0.6) is 17.4 Å². The molecule has 7 heteroatoms. The molecule has 0 radical (unpaired) electrons. The Balaban J connectivity index is 0.00000392. The minimum absolute atomic E-state index is 0. The smallest absolute Gasteiger partial charge is 0.219 e. The molecule has 154 valence electrons. The van der Waals surface area contributed by atoms with Crippen LogP contribution in [0.4, 0.5) is 0 Å². The highest BCUT2D eigenvalue weighted by atomic mass is 127. The maximum absolute atomic E-state index is 5.84. The van der Waals surface area contributed by atoms with Crippen molar-refractivity contribution in [2.75, 3.05) is 13.7 Å². The van der Waals surface area contributed by atoms with Crippen LogP contribution >= 0.6 is 24.0 Å². The molecule has 0 aliphatic heterocycles. The molecule has 2 aromatic rings. The summed E-state index contributed by atoms with van der Waals surface area (Å²) in [6, 6.07) is 11.7. The van der Waals surface area contributed by atoms with Crippen LogP contribution in [0.3, 0.4) is 0 Å². The maximum atomic E-state index is 5.84. The van der Waals surface area contributed by atoms with Crippen LogP contribution in [0.2, 0.25) is 0 Å². The number of aliphatic imine (C=N–C) groups is 1. The average Bonchev–Trinajstić information content (AvgIpc) is 2.67. The van der Waals surface area contributed by atoms with Crippen molar-refractivity contribution in [1.82, 2.24) is 15.6 Å². The molecular formula is C21H31IN4O2. The lowest BCUT2D eigenvalue weighted by Crippen LogP contribution is -2.43. The van der Waals surface area contributed by atoms with Gasteiger partial charge in [0.1, 0.15) is 11.5 Å². The van der Waals surface area contributed by atoms with Crippen LogP contribution in [0.15, 0.2) is 47.6 Å². The van der Waals surface area contributed by atoms with E-state index in [0.717, 1.165) is 23.0 Å². The molecule has 0 aliphatic rings. The van der Waals surface area contributed by atoms with Gasteiger partial charge in [0.05, 0.1) is 6.61 Å². The Morgan fingerprint density at radius 1 is 1.11 bits per heavy atom. The normalized spacial score (nSPS) is 12.1. The summed E-state index contributed by atoms with van der Waals surface area (Å²) >= 11 is 0. The number of rotatable bonds is 8. The van der Waals surface area contributed by atoms with Gasteiger partial charge in [-0.05, 0) is 55.7 Å². The van der Waals surface area contributed by atoms with E-state index >= 15 is 0 Å². The van der Waals surface area contributed by atoms with Crippen molar-refractivity contribution in [3.05, 3.63) is 48.2 Å². The number of hydrogen-bond donors (Lipinski definition) is 2. The molecule has 0 aliphatic carbocycles. The van der Waals surface area contributed by atoms with E-state index in [1.807, 2.05) is 43.3 Å². The lowest BCUT2D eigenvalue weighted by atomic mass is 10.1. The van der Waals surface area contributed by atoms with Gasteiger partial charge in [-0.1, -0.05) is 13.8 Å². The number of benzene rings is 1. The van der Waals surface area contributed by atoms with E-state index in [1.165, 1.54) is 0 Å². The summed E-state index contributed by atoms with van der Waals surface area (Å²) < 4.78 is 11.3. The number of guanidine groups is 1. The lowest BCUT2D eigenvalue weighted by molar-refractivity contribution is 0.339. The Morgan fingerprint density at radius 2 is 1.79 bits per heavy atom. The van der Waals surface area contributed by atoms with Crippen molar-refractivity contribution in [2.45, 2.75) is 40.3 Å². The van der Waals surface area contributed by atoms with E-state index in [0.29, 0.717) is 31.0 Å². The number of nitrogens with zero attached hydrogens (tertiary/aromatic N) is 2. The van der Waals surface area contributed by atoms with Crippen molar-refractivity contribution < 1.29 is 9.47 Å². The van der Waals surface area contributed by atoms with Gasteiger partial charge < -0.3 is 20.1 Å². The van der Waals surface area contributed by atoms with E-state index < -0.39 is 0 Å². The fraction of sp³-hybridized carbons (Fsp3) is 0.429. The SMILES string of the molecule is CCOc1ccc(Oc2cc(CNC(=NC)NC(C)C(C)C)ccn2)cc1.I. The zero-order chi connectivity index (χ0) is 19.6. The molecule has 28 heavy (non-hydrogen) atoms. The number of nitrogens with one attached hydrogen (secondary N) is 2. The molecule has 0 spiro atoms. The summed E-state index contributed by atoms with van der Waals surface area (Å²) in [5.41, 5.74) is 1.06. The number of aromatic nitrogens is 1. The second-order valence-corrected chi connectivity index (χ2v) is 6.61. The second kappa shape index (κ2) is 12.4. The minimum atomic E-state index is 0. The third-order valence-electron chi connectivity index (χ3n) is 4.20. The first-order valence-electron chi connectivity index (χ1n) is 9.34. The van der Waals surface area contributed by atoms with Gasteiger partial charge in [0.2, 0.25) is 5.88 Å². The monoisotopic (exact) mass is 498 g/mol. The summed E-state index contributed by atoms with van der Waals surface area (Å²) in [6.45, 7) is 9.74. The molecule has 2 N–H and O–H groups in total. The van der Waals surface area contributed by atoms with Crippen molar-refractivity contribution in [2.24, 2.45) is 10.9 Å². The third-order valence-corrected chi connectivity index (χ3v) is 4.20. The molecule has 6 nitrogen and oxygen atoms in total. The predicted molar refractivity (Wildman–Crippen MR) is 125 cm³/mol. The first-order valence-corrected chi connectivity index (χ1v) is 9.34. The van der Waals surface area contributed by atoms with E-state index in [4.69, 9.17) is 9.47 Å². The summed E-state index contributed by atoms with van der Waals surface area (Å²) in [5, 5.41) is 6.71. The van der Waals surface area contributed by atoms with Crippen LogP contribution in [-0.2, 0) is 6.54 Å². The summed E-state index contributed by atoms with van der Waals surface area (Å²) in [5.74, 6) is 3.40. The molecular weight excluding hydrogens is 467 g/mol. The van der Waals surface area contributed by atoms with Crippen molar-refractivity contribution in [3.63, 3.8) is 0 Å². The molecule has 1 aromatic carbocycles. The molecule has 1 aromatic heterocycles. The number of ether oxygens (including phenoxy) is 2. The van der Waals surface area contributed by atoms with Crippen LogP contribution < -0.4 is 20.1 Å². The fourth-order valence-corrected chi connectivity index (χ4v) is 2.27. The average molecular weight is 498 g/mol. The van der Waals surface area contributed by atoms with Crippen molar-refractivity contribution in [1.29, 1.82) is 0 Å². The largest absolute Gasteiger partial charge is 0.494 e. The molecule has 0 amide bonds. The molecule has 1 heterocycles. The van der Waals surface area contributed by atoms with Gasteiger partial charge in [0.15, 0.2) is 5.96 Å². The highest BCUT2D eigenvalue weighted by molar-refractivity contribution is 14.0. The molecule has 1 atom stereocenters. The van der Waals surface area contributed by atoms with Crippen LogP contribution in [0.1, 0.15) is 33.3 Å². The standard InChI is InChI=1S/C21H30N4O2.HI/c1-6-26-18-7-9-19(10-8-18)27-20-13-17(11-12-23-20)14-24-21(22-5)25-16(4)15(2)3;/h7-13,15-16H,6,14H2,1-5H3,(H2,22,24,25);1H. The fourth-order valence-electron chi connectivity index (χ4n) is 2.27. The zero-order valence-electron chi connectivity index (χ0n) is 17.2. The summed E-state index contributed by atoms with van der Waals surface area (Å²) in [4.78, 5) is 8.56. The van der Waals surface area contributed by atoms with Crippen LogP contribution in [-0.4, -0.2) is 30.6 Å². The lowest BCUT2D eigenvalue weighted by Gasteiger charge is -2.20. The van der Waals surface area contributed by atoms with E-state index in [-0.39, 0.29) is 24.0 Å². The van der Waals surface area contributed by atoms with Crippen LogP contribution in [0.25, 0.3) is 0 Å². The molecule has 2 rings (SSSR count). The number of pyridine rings is 1. The number of hydrogen-bond acceptors (Lipinski definition) is 4. The Hall–Kier alpha value is -2.03. The van der Waals surface area contributed by atoms with Crippen molar-refractivity contribution >= 4 is 29.9 Å². The third kappa shape index (κ3) is 7.92. The highest BCUT2D eigenvalue weighted by Gasteiger charge is 2.09. The van der Waals surface area contributed by atoms with Gasteiger partial charge in [0.25, 0.3) is 0 Å². The number of halogens is 1. The Kier molecular flexibility index (Phi) is 10.7. The van der Waals surface area contributed by atoms with Gasteiger partial charge in [-0.15, -0.1) is 24.0 Å². The maximum Gasteiger partial charge on any atom is 0.219 e. The molecule has 0 bridgehead atoms. The molecule has 0 fully saturated rings. The second-order valence-electron chi connectivity index (χ2n) is 6.61. The van der Waals surface area contributed by atoms with E-state index in [2.05, 4.69) is 41.4 Å². The van der Waals surface area contributed by atoms with Crippen LogP contribution in [0, 0.1) is 5.92 Å². The van der Waals surface area contributed by atoms with Gasteiger partial charge in [-0.2, -0.15) is 0 Å². The molecule has 0 saturated carbocycles. The zero-order valence-corrected chi connectivity index (χ0v) is 19.6. The quantitative estimate of drug-likeness (QED) is 0.317. The van der Waals surface area contributed by atoms with E-state index in [1.54, 1.807) is 13.2 Å². The van der Waals surface area contributed by atoms with Gasteiger partial charge in [-0.25, -0.2) is 4.98 Å². The molecule has 1 unspecified atom stereocenters. The van der Waals surface area contributed by atoms with Gasteiger partial charge in [-0.3, -0.25) is 4.99 Å². The Labute approximate surface area is 185 Å². The van der Waals surface area contributed by atoms with Gasteiger partial charge >= 0.3 is 0 Å².